The second kappa shape index (κ2) is 3.95. The highest BCUT2D eigenvalue weighted by Gasteiger charge is 2.50. The maximum atomic E-state index is 12.0. The van der Waals surface area contributed by atoms with Crippen LogP contribution in [0.3, 0.4) is 0 Å². The van der Waals surface area contributed by atoms with Crippen LogP contribution >= 0.6 is 0 Å². The lowest BCUT2D eigenvalue weighted by molar-refractivity contribution is -0.173. The molecule has 0 amide bonds. The van der Waals surface area contributed by atoms with E-state index in [4.69, 9.17) is 0 Å². The van der Waals surface area contributed by atoms with E-state index in [1.165, 1.54) is 0 Å². The van der Waals surface area contributed by atoms with Gasteiger partial charge in [0.15, 0.2) is 6.17 Å². The second-order valence-electron chi connectivity index (χ2n) is 1.99. The minimum Gasteiger partial charge on any atom is -0.240 e. The summed E-state index contributed by atoms with van der Waals surface area (Å²) in [7, 11) is 0. The quantitative estimate of drug-likeness (QED) is 0.607. The Balaban J connectivity index is 4.15. The molecule has 1 radical (unpaired) electrons. The van der Waals surface area contributed by atoms with Crippen LogP contribution in [0.25, 0.3) is 0 Å². The number of alkyl halides is 5. The van der Waals surface area contributed by atoms with Crippen LogP contribution < -0.4 is 0 Å². The van der Waals surface area contributed by atoms with E-state index in [0.29, 0.717) is 0 Å². The van der Waals surface area contributed by atoms with Crippen molar-refractivity contribution in [2.45, 2.75) is 24.9 Å². The molecule has 0 aromatic heterocycles. The fourth-order valence-electron chi connectivity index (χ4n) is 0.408. The van der Waals surface area contributed by atoms with E-state index in [-0.39, 0.29) is 0 Å². The largest absolute Gasteiger partial charge is 0.338 e. The first kappa shape index (κ1) is 11.5. The maximum Gasteiger partial charge on any atom is 0.338 e. The predicted octanol–water partition coefficient (Wildman–Crippen LogP) is 3.04. The third-order valence-corrected chi connectivity index (χ3v) is 1.04. The molecule has 0 nitrogen and oxygen atoms in total. The summed E-state index contributed by atoms with van der Waals surface area (Å²) in [6, 6.07) is 0. The van der Waals surface area contributed by atoms with Crippen LogP contribution in [0, 0.1) is 6.43 Å². The van der Waals surface area contributed by atoms with E-state index in [2.05, 4.69) is 0 Å². The van der Waals surface area contributed by atoms with Crippen LogP contribution in [0.2, 0.25) is 0 Å². The fraction of sp³-hybridized carbons (Fsp3) is 0.800. The lowest BCUT2D eigenvalue weighted by atomic mass is 10.1. The van der Waals surface area contributed by atoms with Crippen LogP contribution in [0.4, 0.5) is 30.7 Å². The molecule has 0 bridgehead atoms. The van der Waals surface area contributed by atoms with Gasteiger partial charge in [0.05, 0.1) is 6.42 Å². The molecule has 0 aliphatic carbocycles. The van der Waals surface area contributed by atoms with E-state index in [9.17, 15) is 30.7 Å². The molecule has 12 heavy (non-hydrogen) atoms. The SMILES string of the molecule is F[C](F)CC(F)C(F)(F)C(F)F. The molecular weight excluding hydrogens is 193 g/mol. The summed E-state index contributed by atoms with van der Waals surface area (Å²) >= 11 is 0. The molecule has 0 aliphatic heterocycles. The summed E-state index contributed by atoms with van der Waals surface area (Å²) in [5.74, 6) is -5.01. The third-order valence-electron chi connectivity index (χ3n) is 1.04. The summed E-state index contributed by atoms with van der Waals surface area (Å²) in [5.41, 5.74) is 0. The number of rotatable bonds is 4. The molecule has 0 aliphatic rings. The molecule has 0 rings (SSSR count). The molecule has 0 saturated heterocycles. The lowest BCUT2D eigenvalue weighted by Gasteiger charge is -2.18. The van der Waals surface area contributed by atoms with Crippen LogP contribution in [0.1, 0.15) is 6.42 Å². The van der Waals surface area contributed by atoms with Gasteiger partial charge >= 0.3 is 18.8 Å². The Hall–Kier alpha value is -0.490. The van der Waals surface area contributed by atoms with E-state index >= 15 is 0 Å². The van der Waals surface area contributed by atoms with Gasteiger partial charge < -0.3 is 0 Å². The van der Waals surface area contributed by atoms with Crippen molar-refractivity contribution in [3.05, 3.63) is 6.43 Å². The Morgan fingerprint density at radius 3 is 1.75 bits per heavy atom. The topological polar surface area (TPSA) is 0 Å². The van der Waals surface area contributed by atoms with E-state index < -0.39 is 31.4 Å². The average molecular weight is 197 g/mol. The first-order chi connectivity index (χ1) is 5.28. The van der Waals surface area contributed by atoms with Crippen molar-refractivity contribution in [1.82, 2.24) is 0 Å². The molecule has 0 saturated carbocycles. The van der Waals surface area contributed by atoms with Crippen molar-refractivity contribution < 1.29 is 30.7 Å². The molecule has 1 unspecified atom stereocenters. The molecule has 73 valence electrons. The Bertz CT molecular complexity index is 132. The van der Waals surface area contributed by atoms with Crippen molar-refractivity contribution in [3.8, 4) is 0 Å². The van der Waals surface area contributed by atoms with Crippen LogP contribution in [-0.4, -0.2) is 18.5 Å². The van der Waals surface area contributed by atoms with Crippen molar-refractivity contribution in [2.75, 3.05) is 0 Å². The second-order valence-corrected chi connectivity index (χ2v) is 1.99. The average Bonchev–Trinajstić information content (AvgIpc) is 1.85. The van der Waals surface area contributed by atoms with E-state index in [1.54, 1.807) is 0 Å². The molecule has 0 spiro atoms. The molecule has 0 N–H and O–H groups in total. The molecule has 1 atom stereocenters. The van der Waals surface area contributed by atoms with Gasteiger partial charge in [-0.05, 0) is 0 Å². The van der Waals surface area contributed by atoms with Crippen molar-refractivity contribution in [3.63, 3.8) is 0 Å². The number of hydrogen-bond acceptors (Lipinski definition) is 0. The first-order valence-electron chi connectivity index (χ1n) is 2.75. The standard InChI is InChI=1S/C5H4F7/c6-2(1-3(7)8)5(11,12)4(9)10/h2,4H,1H2. The summed E-state index contributed by atoms with van der Waals surface area (Å²) in [4.78, 5) is 0. The molecule has 0 aromatic carbocycles. The minimum atomic E-state index is -5.01. The Morgan fingerprint density at radius 2 is 1.50 bits per heavy atom. The number of halogens is 7. The van der Waals surface area contributed by atoms with Gasteiger partial charge in [-0.2, -0.15) is 17.6 Å². The van der Waals surface area contributed by atoms with Gasteiger partial charge in [0.1, 0.15) is 0 Å². The van der Waals surface area contributed by atoms with E-state index in [1.807, 2.05) is 0 Å². The lowest BCUT2D eigenvalue weighted by Crippen LogP contribution is -2.38. The predicted molar refractivity (Wildman–Crippen MR) is 25.9 cm³/mol. The van der Waals surface area contributed by atoms with Gasteiger partial charge in [0.25, 0.3) is 0 Å². The molecule has 7 heteroatoms. The van der Waals surface area contributed by atoms with E-state index in [0.717, 1.165) is 0 Å². The zero-order valence-electron chi connectivity index (χ0n) is 5.51. The normalized spacial score (nSPS) is 15.8. The van der Waals surface area contributed by atoms with Gasteiger partial charge in [-0.1, -0.05) is 0 Å². The highest BCUT2D eigenvalue weighted by Crippen LogP contribution is 2.33. The highest BCUT2D eigenvalue weighted by molar-refractivity contribution is 4.83. The van der Waals surface area contributed by atoms with Gasteiger partial charge in [-0.3, -0.25) is 0 Å². The van der Waals surface area contributed by atoms with Crippen molar-refractivity contribution in [1.29, 1.82) is 0 Å². The Kier molecular flexibility index (Phi) is 3.79. The fourth-order valence-corrected chi connectivity index (χ4v) is 0.408. The van der Waals surface area contributed by atoms with Gasteiger partial charge in [0, 0.05) is 0 Å². The van der Waals surface area contributed by atoms with Crippen LogP contribution in [-0.2, 0) is 0 Å². The molecule has 0 fully saturated rings. The molecule has 0 aromatic rings. The van der Waals surface area contributed by atoms with Gasteiger partial charge in [-0.15, -0.1) is 0 Å². The molecular formula is C5H4F7. The monoisotopic (exact) mass is 197 g/mol. The molecule has 0 heterocycles. The van der Waals surface area contributed by atoms with Crippen LogP contribution in [0.15, 0.2) is 0 Å². The summed E-state index contributed by atoms with van der Waals surface area (Å²) in [5, 5.41) is 0. The zero-order chi connectivity index (χ0) is 9.94. The van der Waals surface area contributed by atoms with Crippen LogP contribution in [0.5, 0.6) is 0 Å². The Labute approximate surface area is 63.4 Å². The summed E-state index contributed by atoms with van der Waals surface area (Å²) in [6.45, 7) is 0. The first-order valence-corrected chi connectivity index (χ1v) is 2.75. The summed E-state index contributed by atoms with van der Waals surface area (Å²) in [6.07, 6.45) is -12.4. The smallest absolute Gasteiger partial charge is 0.240 e. The zero-order valence-corrected chi connectivity index (χ0v) is 5.51. The maximum absolute atomic E-state index is 12.0. The van der Waals surface area contributed by atoms with Gasteiger partial charge in [0.2, 0.25) is 0 Å². The Morgan fingerprint density at radius 1 is 1.08 bits per heavy atom. The highest BCUT2D eigenvalue weighted by atomic mass is 19.3. The minimum absolute atomic E-state index is 1.96. The summed E-state index contributed by atoms with van der Waals surface area (Å²) < 4.78 is 80.5. The van der Waals surface area contributed by atoms with Gasteiger partial charge in [-0.25, -0.2) is 13.2 Å². The third kappa shape index (κ3) is 2.86. The van der Waals surface area contributed by atoms with Crippen molar-refractivity contribution >= 4 is 0 Å². The van der Waals surface area contributed by atoms with Crippen molar-refractivity contribution in [2.24, 2.45) is 0 Å². The number of hydrogen-bond donors (Lipinski definition) is 0.